The molecule has 1 rings (SSSR count). The Morgan fingerprint density at radius 3 is 2.71 bits per heavy atom. The Morgan fingerprint density at radius 1 is 1.50 bits per heavy atom. The second kappa shape index (κ2) is 4.96. The summed E-state index contributed by atoms with van der Waals surface area (Å²) in [6.07, 6.45) is 0. The monoisotopic (exact) mass is 293 g/mol. The lowest BCUT2D eigenvalue weighted by atomic mass is 10.3. The van der Waals surface area contributed by atoms with E-state index in [1.165, 1.54) is 0 Å². The van der Waals surface area contributed by atoms with Crippen LogP contribution in [0.25, 0.3) is 0 Å². The average Bonchev–Trinajstić information content (AvgIpc) is 2.11. The normalized spacial score (nSPS) is 9.71. The molecule has 0 aliphatic rings. The molecular formula is C9H9BrClNOS. The summed E-state index contributed by atoms with van der Waals surface area (Å²) in [5.41, 5.74) is 0. The summed E-state index contributed by atoms with van der Waals surface area (Å²) in [4.78, 5) is 1.70. The van der Waals surface area contributed by atoms with Gasteiger partial charge < -0.3 is 9.64 Å². The molecule has 14 heavy (non-hydrogen) atoms. The molecule has 0 fully saturated rings. The van der Waals surface area contributed by atoms with Gasteiger partial charge in [-0.25, -0.2) is 0 Å². The van der Waals surface area contributed by atoms with Gasteiger partial charge in [-0.15, -0.1) is 0 Å². The van der Waals surface area contributed by atoms with Crippen LogP contribution in [0.4, 0.5) is 0 Å². The fourth-order valence-corrected chi connectivity index (χ4v) is 1.33. The van der Waals surface area contributed by atoms with Crippen molar-refractivity contribution in [2.45, 2.75) is 0 Å². The van der Waals surface area contributed by atoms with Crippen LogP contribution >= 0.6 is 39.7 Å². The van der Waals surface area contributed by atoms with Gasteiger partial charge in [-0.3, -0.25) is 0 Å². The molecule has 0 N–H and O–H groups in total. The molecule has 1 aromatic rings. The summed E-state index contributed by atoms with van der Waals surface area (Å²) in [6, 6.07) is 5.37. The number of rotatable bonds is 1. The lowest BCUT2D eigenvalue weighted by molar-refractivity contribution is 0.449. The maximum Gasteiger partial charge on any atom is 0.264 e. The van der Waals surface area contributed by atoms with Crippen molar-refractivity contribution >= 4 is 44.9 Å². The van der Waals surface area contributed by atoms with E-state index < -0.39 is 0 Å². The molecule has 0 aliphatic carbocycles. The van der Waals surface area contributed by atoms with Crippen molar-refractivity contribution in [1.29, 1.82) is 0 Å². The number of halogens is 2. The summed E-state index contributed by atoms with van der Waals surface area (Å²) in [5, 5.41) is 0.919. The third-order valence-corrected chi connectivity index (χ3v) is 2.71. The molecule has 0 heterocycles. The number of thiocarbonyl (C=S) groups is 1. The Labute approximate surface area is 102 Å². The predicted octanol–water partition coefficient (Wildman–Crippen LogP) is 3.33. The maximum absolute atomic E-state index is 5.92. The van der Waals surface area contributed by atoms with Gasteiger partial charge in [0.1, 0.15) is 5.75 Å². The number of hydrogen-bond acceptors (Lipinski definition) is 2. The molecule has 0 atom stereocenters. The fourth-order valence-electron chi connectivity index (χ4n) is 0.741. The van der Waals surface area contributed by atoms with Crippen LogP contribution in [0, 0.1) is 0 Å². The van der Waals surface area contributed by atoms with E-state index in [1.54, 1.807) is 17.0 Å². The van der Waals surface area contributed by atoms with Crippen LogP contribution in [0.15, 0.2) is 22.7 Å². The number of ether oxygens (including phenoxy) is 1. The van der Waals surface area contributed by atoms with Crippen molar-refractivity contribution in [1.82, 2.24) is 4.90 Å². The van der Waals surface area contributed by atoms with E-state index in [2.05, 4.69) is 15.9 Å². The zero-order chi connectivity index (χ0) is 10.7. The molecule has 1 aromatic carbocycles. The standard InChI is InChI=1S/C9H9BrClNOS/c1-12(2)9(14)13-8-5-6(10)3-4-7(8)11/h3-5H,1-2H3. The minimum absolute atomic E-state index is 0.380. The number of benzene rings is 1. The van der Waals surface area contributed by atoms with Crippen molar-refractivity contribution in [2.24, 2.45) is 0 Å². The average molecular weight is 295 g/mol. The Hall–Kier alpha value is -0.320. The second-order valence-corrected chi connectivity index (χ2v) is 4.51. The maximum atomic E-state index is 5.92. The summed E-state index contributed by atoms with van der Waals surface area (Å²) in [6.45, 7) is 0. The third-order valence-electron chi connectivity index (χ3n) is 1.46. The highest BCUT2D eigenvalue weighted by molar-refractivity contribution is 9.10. The first kappa shape index (κ1) is 11.8. The highest BCUT2D eigenvalue weighted by Crippen LogP contribution is 2.28. The molecule has 0 amide bonds. The Bertz CT molecular complexity index is 357. The van der Waals surface area contributed by atoms with Crippen molar-refractivity contribution in [3.8, 4) is 5.75 Å². The predicted molar refractivity (Wildman–Crippen MR) is 66.1 cm³/mol. The third kappa shape index (κ3) is 3.12. The summed E-state index contributed by atoms with van der Waals surface area (Å²) >= 11 is 14.2. The Kier molecular flexibility index (Phi) is 4.16. The molecule has 0 aliphatic heterocycles. The number of nitrogens with zero attached hydrogens (tertiary/aromatic N) is 1. The van der Waals surface area contributed by atoms with Crippen LogP contribution in [-0.4, -0.2) is 24.2 Å². The largest absolute Gasteiger partial charge is 0.430 e. The zero-order valence-electron chi connectivity index (χ0n) is 7.75. The van der Waals surface area contributed by atoms with E-state index in [0.717, 1.165) is 4.47 Å². The molecule has 0 unspecified atom stereocenters. The quantitative estimate of drug-likeness (QED) is 0.737. The summed E-state index contributed by atoms with van der Waals surface area (Å²) in [5.74, 6) is 0.555. The van der Waals surface area contributed by atoms with Crippen LogP contribution in [0.1, 0.15) is 0 Å². The van der Waals surface area contributed by atoms with Gasteiger partial charge in [-0.1, -0.05) is 27.5 Å². The van der Waals surface area contributed by atoms with E-state index in [1.807, 2.05) is 20.2 Å². The Morgan fingerprint density at radius 2 is 2.14 bits per heavy atom. The van der Waals surface area contributed by atoms with Crippen molar-refractivity contribution in [3.63, 3.8) is 0 Å². The van der Waals surface area contributed by atoms with E-state index in [4.69, 9.17) is 28.6 Å². The minimum Gasteiger partial charge on any atom is -0.430 e. The summed E-state index contributed by atoms with van der Waals surface area (Å²) < 4.78 is 6.28. The number of hydrogen-bond donors (Lipinski definition) is 0. The van der Waals surface area contributed by atoms with E-state index in [9.17, 15) is 0 Å². The molecular weight excluding hydrogens is 286 g/mol. The van der Waals surface area contributed by atoms with Gasteiger partial charge in [0, 0.05) is 18.6 Å². The molecule has 76 valence electrons. The van der Waals surface area contributed by atoms with Gasteiger partial charge in [0.2, 0.25) is 0 Å². The van der Waals surface area contributed by atoms with Crippen molar-refractivity contribution in [2.75, 3.05) is 14.1 Å². The van der Waals surface area contributed by atoms with Crippen molar-refractivity contribution in [3.05, 3.63) is 27.7 Å². The SMILES string of the molecule is CN(C)C(=S)Oc1cc(Br)ccc1Cl. The molecule has 0 saturated carbocycles. The lowest BCUT2D eigenvalue weighted by Gasteiger charge is -2.14. The van der Waals surface area contributed by atoms with Gasteiger partial charge in [-0.2, -0.15) is 0 Å². The molecule has 2 nitrogen and oxygen atoms in total. The van der Waals surface area contributed by atoms with Crippen LogP contribution in [0.5, 0.6) is 5.75 Å². The first-order valence-electron chi connectivity index (χ1n) is 3.85. The topological polar surface area (TPSA) is 12.5 Å². The van der Waals surface area contributed by atoms with Crippen LogP contribution in [-0.2, 0) is 0 Å². The van der Waals surface area contributed by atoms with Gasteiger partial charge in [-0.05, 0) is 30.4 Å². The van der Waals surface area contributed by atoms with Gasteiger partial charge >= 0.3 is 0 Å². The van der Waals surface area contributed by atoms with Gasteiger partial charge in [0.15, 0.2) is 0 Å². The summed E-state index contributed by atoms with van der Waals surface area (Å²) in [7, 11) is 3.63. The lowest BCUT2D eigenvalue weighted by Crippen LogP contribution is -2.25. The first-order valence-corrected chi connectivity index (χ1v) is 5.43. The molecule has 0 bridgehead atoms. The highest BCUT2D eigenvalue weighted by atomic mass is 79.9. The highest BCUT2D eigenvalue weighted by Gasteiger charge is 2.06. The fraction of sp³-hybridized carbons (Fsp3) is 0.222. The molecule has 0 aromatic heterocycles. The van der Waals surface area contributed by atoms with Crippen LogP contribution in [0.2, 0.25) is 5.02 Å². The van der Waals surface area contributed by atoms with Gasteiger partial charge in [0.25, 0.3) is 5.17 Å². The molecule has 0 spiro atoms. The smallest absolute Gasteiger partial charge is 0.264 e. The van der Waals surface area contributed by atoms with Crippen molar-refractivity contribution < 1.29 is 4.74 Å². The minimum atomic E-state index is 0.380. The Balaban J connectivity index is 2.86. The second-order valence-electron chi connectivity index (χ2n) is 2.84. The van der Waals surface area contributed by atoms with E-state index in [0.29, 0.717) is 15.9 Å². The van der Waals surface area contributed by atoms with Gasteiger partial charge in [0.05, 0.1) is 5.02 Å². The van der Waals surface area contributed by atoms with E-state index in [-0.39, 0.29) is 0 Å². The van der Waals surface area contributed by atoms with Crippen LogP contribution < -0.4 is 4.74 Å². The van der Waals surface area contributed by atoms with Crippen LogP contribution in [0.3, 0.4) is 0 Å². The van der Waals surface area contributed by atoms with E-state index >= 15 is 0 Å². The molecule has 0 radical (unpaired) electrons. The zero-order valence-corrected chi connectivity index (χ0v) is 10.9. The first-order chi connectivity index (χ1) is 6.50. The molecule has 0 saturated heterocycles. The molecule has 5 heteroatoms.